The summed E-state index contributed by atoms with van der Waals surface area (Å²) >= 11 is 1.69. The number of nitrogens with one attached hydrogen (secondary N) is 1. The Morgan fingerprint density at radius 1 is 1.30 bits per heavy atom. The van der Waals surface area contributed by atoms with Gasteiger partial charge in [-0.05, 0) is 43.5 Å². The molecular weight excluding hydrogens is 278 g/mol. The van der Waals surface area contributed by atoms with Crippen LogP contribution in [0.25, 0.3) is 0 Å². The molecule has 1 aliphatic carbocycles. The van der Waals surface area contributed by atoms with Crippen molar-refractivity contribution < 1.29 is 8.78 Å². The Balaban J connectivity index is 1.96. The van der Waals surface area contributed by atoms with Crippen molar-refractivity contribution in [2.75, 3.05) is 6.54 Å². The molecule has 0 saturated heterocycles. The number of hydrogen-bond donors (Lipinski definition) is 1. The van der Waals surface area contributed by atoms with E-state index in [0.717, 1.165) is 30.0 Å². The number of rotatable bonds is 4. The van der Waals surface area contributed by atoms with Crippen LogP contribution in [0, 0.1) is 11.6 Å². The molecule has 1 heterocycles. The van der Waals surface area contributed by atoms with Gasteiger partial charge in [0.25, 0.3) is 0 Å². The van der Waals surface area contributed by atoms with Crippen molar-refractivity contribution in [2.24, 2.45) is 0 Å². The molecule has 0 radical (unpaired) electrons. The van der Waals surface area contributed by atoms with E-state index in [1.54, 1.807) is 17.4 Å². The van der Waals surface area contributed by atoms with E-state index in [9.17, 15) is 8.78 Å². The molecule has 2 aromatic rings. The van der Waals surface area contributed by atoms with Crippen LogP contribution in [-0.4, -0.2) is 11.5 Å². The minimum absolute atomic E-state index is 0.161. The van der Waals surface area contributed by atoms with Gasteiger partial charge < -0.3 is 5.32 Å². The molecule has 0 bridgehead atoms. The first-order valence-electron chi connectivity index (χ1n) is 6.86. The summed E-state index contributed by atoms with van der Waals surface area (Å²) in [5.41, 5.74) is 1.90. The third kappa shape index (κ3) is 2.47. The summed E-state index contributed by atoms with van der Waals surface area (Å²) in [5, 5.41) is 4.26. The van der Waals surface area contributed by atoms with Gasteiger partial charge >= 0.3 is 0 Å². The fourth-order valence-electron chi connectivity index (χ4n) is 2.58. The maximum Gasteiger partial charge on any atom is 0.159 e. The van der Waals surface area contributed by atoms with Crippen LogP contribution in [0.3, 0.4) is 0 Å². The third-order valence-corrected chi connectivity index (χ3v) is 4.77. The molecule has 1 N–H and O–H groups in total. The summed E-state index contributed by atoms with van der Waals surface area (Å²) in [5.74, 6) is -1.62. The lowest BCUT2D eigenvalue weighted by atomic mass is 10.1. The fourth-order valence-corrected chi connectivity index (χ4v) is 3.84. The molecular formula is C15H16F2N2S. The zero-order chi connectivity index (χ0) is 14.1. The van der Waals surface area contributed by atoms with Crippen molar-refractivity contribution in [3.63, 3.8) is 0 Å². The molecule has 106 valence electrons. The lowest BCUT2D eigenvalue weighted by molar-refractivity contribution is 0.503. The molecule has 0 spiro atoms. The van der Waals surface area contributed by atoms with Crippen LogP contribution in [0.2, 0.25) is 0 Å². The molecule has 1 aromatic carbocycles. The number of benzene rings is 1. The topological polar surface area (TPSA) is 24.9 Å². The lowest BCUT2D eigenvalue weighted by Gasteiger charge is -2.16. The molecule has 0 fully saturated rings. The Labute approximate surface area is 120 Å². The van der Waals surface area contributed by atoms with Gasteiger partial charge in [0.15, 0.2) is 11.6 Å². The Morgan fingerprint density at radius 2 is 2.15 bits per heavy atom. The highest BCUT2D eigenvalue weighted by molar-refractivity contribution is 7.11. The molecule has 1 atom stereocenters. The van der Waals surface area contributed by atoms with Gasteiger partial charge in [0.2, 0.25) is 0 Å². The average Bonchev–Trinajstić information content (AvgIpc) is 3.00. The minimum Gasteiger partial charge on any atom is -0.305 e. The van der Waals surface area contributed by atoms with Crippen LogP contribution in [0.4, 0.5) is 8.78 Å². The van der Waals surface area contributed by atoms with E-state index in [0.29, 0.717) is 0 Å². The first-order valence-corrected chi connectivity index (χ1v) is 7.67. The van der Waals surface area contributed by atoms with Crippen LogP contribution in [0.1, 0.15) is 40.5 Å². The number of aromatic nitrogens is 1. The van der Waals surface area contributed by atoms with Gasteiger partial charge in [-0.15, -0.1) is 11.3 Å². The average molecular weight is 294 g/mol. The van der Waals surface area contributed by atoms with Gasteiger partial charge in [0, 0.05) is 4.88 Å². The minimum atomic E-state index is -0.814. The Morgan fingerprint density at radius 3 is 2.85 bits per heavy atom. The Kier molecular flexibility index (Phi) is 3.81. The van der Waals surface area contributed by atoms with E-state index < -0.39 is 11.6 Å². The quantitative estimate of drug-likeness (QED) is 0.932. The predicted molar refractivity (Wildman–Crippen MR) is 76.0 cm³/mol. The number of hydrogen-bond acceptors (Lipinski definition) is 3. The maximum atomic E-state index is 13.4. The maximum absolute atomic E-state index is 13.4. The zero-order valence-corrected chi connectivity index (χ0v) is 12.1. The van der Waals surface area contributed by atoms with E-state index >= 15 is 0 Å². The number of thiazole rings is 1. The van der Waals surface area contributed by atoms with E-state index in [-0.39, 0.29) is 6.04 Å². The van der Waals surface area contributed by atoms with Crippen molar-refractivity contribution in [1.82, 2.24) is 10.3 Å². The second-order valence-corrected chi connectivity index (χ2v) is 6.05. The lowest BCUT2D eigenvalue weighted by Crippen LogP contribution is -2.22. The largest absolute Gasteiger partial charge is 0.305 e. The molecule has 0 amide bonds. The van der Waals surface area contributed by atoms with Gasteiger partial charge in [-0.1, -0.05) is 13.0 Å². The van der Waals surface area contributed by atoms with Crippen molar-refractivity contribution in [2.45, 2.75) is 32.2 Å². The molecule has 3 rings (SSSR count). The van der Waals surface area contributed by atoms with Crippen molar-refractivity contribution >= 4 is 11.3 Å². The van der Waals surface area contributed by atoms with Crippen LogP contribution >= 0.6 is 11.3 Å². The monoisotopic (exact) mass is 294 g/mol. The van der Waals surface area contributed by atoms with Crippen LogP contribution < -0.4 is 5.32 Å². The molecule has 1 aromatic heterocycles. The van der Waals surface area contributed by atoms with Gasteiger partial charge in [-0.2, -0.15) is 0 Å². The van der Waals surface area contributed by atoms with Crippen molar-refractivity contribution in [3.05, 3.63) is 51.0 Å². The predicted octanol–water partition coefficient (Wildman–Crippen LogP) is 3.61. The first-order chi connectivity index (χ1) is 9.69. The second-order valence-electron chi connectivity index (χ2n) is 4.94. The highest BCUT2D eigenvalue weighted by atomic mass is 32.1. The zero-order valence-electron chi connectivity index (χ0n) is 11.2. The molecule has 1 aliphatic rings. The summed E-state index contributed by atoms with van der Waals surface area (Å²) in [7, 11) is 0. The normalized spacial score (nSPS) is 15.3. The molecule has 5 heteroatoms. The van der Waals surface area contributed by atoms with Crippen molar-refractivity contribution in [1.29, 1.82) is 0 Å². The van der Waals surface area contributed by atoms with E-state index in [1.807, 2.05) is 6.92 Å². The highest BCUT2D eigenvalue weighted by Crippen LogP contribution is 2.33. The Hall–Kier alpha value is -1.33. The second kappa shape index (κ2) is 5.58. The number of nitrogens with zero attached hydrogens (tertiary/aromatic N) is 1. The SMILES string of the molecule is CCNC(c1ccc(F)c(F)c1)c1nc2c(s1)CCC2. The van der Waals surface area contributed by atoms with Gasteiger partial charge in [0.1, 0.15) is 5.01 Å². The summed E-state index contributed by atoms with van der Waals surface area (Å²) in [6, 6.07) is 3.90. The summed E-state index contributed by atoms with van der Waals surface area (Å²) < 4.78 is 26.5. The van der Waals surface area contributed by atoms with Crippen LogP contribution in [0.15, 0.2) is 18.2 Å². The van der Waals surface area contributed by atoms with Crippen molar-refractivity contribution in [3.8, 4) is 0 Å². The van der Waals surface area contributed by atoms with Gasteiger partial charge in [0.05, 0.1) is 11.7 Å². The highest BCUT2D eigenvalue weighted by Gasteiger charge is 2.23. The van der Waals surface area contributed by atoms with E-state index in [4.69, 9.17) is 0 Å². The molecule has 2 nitrogen and oxygen atoms in total. The standard InChI is InChI=1S/C15H16F2N2S/c1-2-18-14(9-6-7-10(16)11(17)8-9)15-19-12-4-3-5-13(12)20-15/h6-8,14,18H,2-5H2,1H3. The molecule has 0 aliphatic heterocycles. The van der Waals surface area contributed by atoms with Crippen LogP contribution in [0.5, 0.6) is 0 Å². The number of aryl methyl sites for hydroxylation is 2. The van der Waals surface area contributed by atoms with E-state index in [1.165, 1.54) is 29.1 Å². The summed E-state index contributed by atoms with van der Waals surface area (Å²) in [6.45, 7) is 2.74. The Bertz CT molecular complexity index is 603. The number of fused-ring (bicyclic) bond motifs is 1. The van der Waals surface area contributed by atoms with Crippen LogP contribution in [-0.2, 0) is 12.8 Å². The first kappa shape index (κ1) is 13.6. The van der Waals surface area contributed by atoms with Gasteiger partial charge in [-0.25, -0.2) is 13.8 Å². The van der Waals surface area contributed by atoms with Gasteiger partial charge in [-0.3, -0.25) is 0 Å². The molecule has 0 saturated carbocycles. The smallest absolute Gasteiger partial charge is 0.159 e. The molecule has 20 heavy (non-hydrogen) atoms. The van der Waals surface area contributed by atoms with E-state index in [2.05, 4.69) is 10.3 Å². The fraction of sp³-hybridized carbons (Fsp3) is 0.400. The summed E-state index contributed by atoms with van der Waals surface area (Å²) in [4.78, 5) is 6.02. The summed E-state index contributed by atoms with van der Waals surface area (Å²) in [6.07, 6.45) is 3.29. The molecule has 1 unspecified atom stereocenters. The third-order valence-electron chi connectivity index (χ3n) is 3.54. The number of halogens is 2.